The second-order valence-electron chi connectivity index (χ2n) is 6.59. The minimum atomic E-state index is -0.240. The van der Waals surface area contributed by atoms with Crippen molar-refractivity contribution < 1.29 is 18.7 Å². The maximum absolute atomic E-state index is 12.6. The molecular formula is C22H16N2O4. The largest absolute Gasteiger partial charge is 0.454 e. The van der Waals surface area contributed by atoms with Gasteiger partial charge in [-0.25, -0.2) is 4.98 Å². The molecule has 2 heterocycles. The summed E-state index contributed by atoms with van der Waals surface area (Å²) < 4.78 is 16.5. The Kier molecular flexibility index (Phi) is 3.76. The number of ether oxygens (including phenoxy) is 2. The Morgan fingerprint density at radius 3 is 2.79 bits per heavy atom. The van der Waals surface area contributed by atoms with E-state index in [0.29, 0.717) is 34.2 Å². The van der Waals surface area contributed by atoms with Gasteiger partial charge in [-0.2, -0.15) is 0 Å². The molecule has 1 aliphatic heterocycles. The van der Waals surface area contributed by atoms with Gasteiger partial charge < -0.3 is 19.2 Å². The molecule has 0 saturated carbocycles. The lowest BCUT2D eigenvalue weighted by molar-refractivity contribution is 0.102. The molecule has 1 aliphatic rings. The summed E-state index contributed by atoms with van der Waals surface area (Å²) in [5, 5.41) is 2.88. The van der Waals surface area contributed by atoms with Crippen LogP contribution in [0.25, 0.3) is 22.6 Å². The summed E-state index contributed by atoms with van der Waals surface area (Å²) in [6.45, 7) is 2.20. The van der Waals surface area contributed by atoms with Crippen LogP contribution in [0.1, 0.15) is 15.9 Å². The van der Waals surface area contributed by atoms with Crippen LogP contribution >= 0.6 is 0 Å². The molecule has 0 unspecified atom stereocenters. The molecular weight excluding hydrogens is 356 g/mol. The zero-order valence-corrected chi connectivity index (χ0v) is 15.1. The quantitative estimate of drug-likeness (QED) is 0.560. The number of benzene rings is 3. The third-order valence-electron chi connectivity index (χ3n) is 4.55. The molecule has 0 saturated heterocycles. The SMILES string of the molecule is Cc1cccc(-c2nc3ccc(NC(=O)c4ccc5c(c4)OCO5)cc3o2)c1. The van der Waals surface area contributed by atoms with E-state index in [9.17, 15) is 4.79 Å². The monoisotopic (exact) mass is 372 g/mol. The number of carbonyl (C=O) groups is 1. The Labute approximate surface area is 160 Å². The van der Waals surface area contributed by atoms with Crippen LogP contribution < -0.4 is 14.8 Å². The normalized spacial score (nSPS) is 12.3. The Bertz CT molecular complexity index is 1210. The lowest BCUT2D eigenvalue weighted by atomic mass is 10.1. The fraction of sp³-hybridized carbons (Fsp3) is 0.0909. The highest BCUT2D eigenvalue weighted by Crippen LogP contribution is 2.33. The number of hydrogen-bond acceptors (Lipinski definition) is 5. The molecule has 0 bridgehead atoms. The molecule has 1 aromatic heterocycles. The molecule has 6 nitrogen and oxygen atoms in total. The summed E-state index contributed by atoms with van der Waals surface area (Å²) >= 11 is 0. The van der Waals surface area contributed by atoms with Crippen molar-refractivity contribution in [1.82, 2.24) is 4.98 Å². The lowest BCUT2D eigenvalue weighted by Gasteiger charge is -2.05. The van der Waals surface area contributed by atoms with Gasteiger partial charge in [0.2, 0.25) is 12.7 Å². The van der Waals surface area contributed by atoms with Crippen LogP contribution in [0.3, 0.4) is 0 Å². The van der Waals surface area contributed by atoms with Gasteiger partial charge in [0.25, 0.3) is 5.91 Å². The second-order valence-corrected chi connectivity index (χ2v) is 6.59. The Morgan fingerprint density at radius 2 is 1.89 bits per heavy atom. The van der Waals surface area contributed by atoms with Crippen molar-refractivity contribution in [3.8, 4) is 23.0 Å². The highest BCUT2D eigenvalue weighted by Gasteiger charge is 2.17. The van der Waals surface area contributed by atoms with Crippen molar-refractivity contribution in [1.29, 1.82) is 0 Å². The van der Waals surface area contributed by atoms with Gasteiger partial charge in [0.1, 0.15) is 5.52 Å². The average molecular weight is 372 g/mol. The van der Waals surface area contributed by atoms with Crippen molar-refractivity contribution in [3.63, 3.8) is 0 Å². The van der Waals surface area contributed by atoms with Crippen molar-refractivity contribution >= 4 is 22.7 Å². The molecule has 28 heavy (non-hydrogen) atoms. The van der Waals surface area contributed by atoms with Gasteiger partial charge in [-0.15, -0.1) is 0 Å². The Balaban J connectivity index is 1.41. The average Bonchev–Trinajstić information content (AvgIpc) is 3.33. The summed E-state index contributed by atoms with van der Waals surface area (Å²) in [7, 11) is 0. The molecule has 6 heteroatoms. The van der Waals surface area contributed by atoms with Crippen LogP contribution in [0.5, 0.6) is 11.5 Å². The minimum absolute atomic E-state index is 0.172. The highest BCUT2D eigenvalue weighted by molar-refractivity contribution is 6.05. The van der Waals surface area contributed by atoms with E-state index in [1.807, 2.05) is 37.3 Å². The fourth-order valence-corrected chi connectivity index (χ4v) is 3.14. The highest BCUT2D eigenvalue weighted by atomic mass is 16.7. The summed E-state index contributed by atoms with van der Waals surface area (Å²) in [5.41, 5.74) is 4.51. The molecule has 0 aliphatic carbocycles. The van der Waals surface area contributed by atoms with Crippen molar-refractivity contribution in [3.05, 3.63) is 71.8 Å². The number of aryl methyl sites for hydroxylation is 1. The van der Waals surface area contributed by atoms with Gasteiger partial charge in [-0.3, -0.25) is 4.79 Å². The first-order valence-electron chi connectivity index (χ1n) is 8.84. The first-order valence-corrected chi connectivity index (χ1v) is 8.84. The van der Waals surface area contributed by atoms with E-state index in [4.69, 9.17) is 13.9 Å². The molecule has 5 rings (SSSR count). The van der Waals surface area contributed by atoms with E-state index in [1.54, 1.807) is 30.3 Å². The van der Waals surface area contributed by atoms with Crippen molar-refractivity contribution in [2.45, 2.75) is 6.92 Å². The predicted molar refractivity (Wildman–Crippen MR) is 105 cm³/mol. The van der Waals surface area contributed by atoms with E-state index >= 15 is 0 Å². The molecule has 0 fully saturated rings. The number of hydrogen-bond donors (Lipinski definition) is 1. The van der Waals surface area contributed by atoms with E-state index < -0.39 is 0 Å². The van der Waals surface area contributed by atoms with Gasteiger partial charge in [0.15, 0.2) is 17.1 Å². The molecule has 1 amide bonds. The van der Waals surface area contributed by atoms with Crippen molar-refractivity contribution in [2.75, 3.05) is 12.1 Å². The van der Waals surface area contributed by atoms with Gasteiger partial charge in [-0.1, -0.05) is 17.7 Å². The van der Waals surface area contributed by atoms with E-state index in [2.05, 4.69) is 10.3 Å². The molecule has 3 aromatic carbocycles. The van der Waals surface area contributed by atoms with Gasteiger partial charge in [-0.05, 0) is 49.4 Å². The van der Waals surface area contributed by atoms with Crippen molar-refractivity contribution in [2.24, 2.45) is 0 Å². The van der Waals surface area contributed by atoms with Gasteiger partial charge in [0, 0.05) is 22.9 Å². The maximum Gasteiger partial charge on any atom is 0.255 e. The van der Waals surface area contributed by atoms with Crippen LogP contribution in [0.4, 0.5) is 5.69 Å². The Morgan fingerprint density at radius 1 is 1.00 bits per heavy atom. The Hall–Kier alpha value is -3.80. The maximum atomic E-state index is 12.6. The van der Waals surface area contributed by atoms with Crippen LogP contribution in [-0.4, -0.2) is 17.7 Å². The molecule has 0 radical (unpaired) electrons. The number of aromatic nitrogens is 1. The van der Waals surface area contributed by atoms with Crippen LogP contribution in [0.2, 0.25) is 0 Å². The zero-order chi connectivity index (χ0) is 19.1. The molecule has 138 valence electrons. The summed E-state index contributed by atoms with van der Waals surface area (Å²) in [6.07, 6.45) is 0. The third-order valence-corrected chi connectivity index (χ3v) is 4.55. The minimum Gasteiger partial charge on any atom is -0.454 e. The standard InChI is InChI=1S/C22H16N2O4/c1-13-3-2-4-15(9-13)22-24-17-7-6-16(11-19(17)28-22)23-21(25)14-5-8-18-20(10-14)27-12-26-18/h2-11H,12H2,1H3,(H,23,25). The molecule has 0 atom stereocenters. The molecule has 1 N–H and O–H groups in total. The number of carbonyl (C=O) groups excluding carboxylic acids is 1. The second kappa shape index (κ2) is 6.42. The third kappa shape index (κ3) is 2.95. The number of anilines is 1. The zero-order valence-electron chi connectivity index (χ0n) is 15.1. The number of nitrogens with one attached hydrogen (secondary N) is 1. The van der Waals surface area contributed by atoms with E-state index in [-0.39, 0.29) is 12.7 Å². The molecule has 4 aromatic rings. The number of oxazole rings is 1. The van der Waals surface area contributed by atoms with Crippen LogP contribution in [0.15, 0.2) is 65.1 Å². The van der Waals surface area contributed by atoms with E-state index in [1.165, 1.54) is 0 Å². The first-order chi connectivity index (χ1) is 13.7. The number of nitrogens with zero attached hydrogens (tertiary/aromatic N) is 1. The van der Waals surface area contributed by atoms with Crippen LogP contribution in [-0.2, 0) is 0 Å². The van der Waals surface area contributed by atoms with E-state index in [0.717, 1.165) is 16.6 Å². The summed E-state index contributed by atoms with van der Waals surface area (Å²) in [6, 6.07) is 18.5. The predicted octanol–water partition coefficient (Wildman–Crippen LogP) is 4.78. The summed E-state index contributed by atoms with van der Waals surface area (Å²) in [4.78, 5) is 17.1. The number of rotatable bonds is 3. The van der Waals surface area contributed by atoms with Gasteiger partial charge >= 0.3 is 0 Å². The van der Waals surface area contributed by atoms with Crippen LogP contribution in [0, 0.1) is 6.92 Å². The topological polar surface area (TPSA) is 73.6 Å². The fourth-order valence-electron chi connectivity index (χ4n) is 3.14. The smallest absolute Gasteiger partial charge is 0.255 e. The van der Waals surface area contributed by atoms with Gasteiger partial charge in [0.05, 0.1) is 0 Å². The molecule has 0 spiro atoms. The number of amides is 1. The first kappa shape index (κ1) is 16.4. The lowest BCUT2D eigenvalue weighted by Crippen LogP contribution is -2.11. The number of fused-ring (bicyclic) bond motifs is 2. The summed E-state index contributed by atoms with van der Waals surface area (Å²) in [5.74, 6) is 1.53.